The maximum Gasteiger partial charge on any atom is 0.330 e. The fourth-order valence-corrected chi connectivity index (χ4v) is 1.56. The van der Waals surface area contributed by atoms with Gasteiger partial charge < -0.3 is 10.1 Å². The van der Waals surface area contributed by atoms with Gasteiger partial charge in [-0.1, -0.05) is 43.1 Å². The van der Waals surface area contributed by atoms with E-state index >= 15 is 0 Å². The zero-order valence-electron chi connectivity index (χ0n) is 11.2. The highest BCUT2D eigenvalue weighted by Gasteiger charge is 2.07. The van der Waals surface area contributed by atoms with E-state index in [0.717, 1.165) is 12.2 Å². The number of carbonyl (C=O) groups is 2. The summed E-state index contributed by atoms with van der Waals surface area (Å²) in [6, 6.07) is 4.88. The number of carbonyl (C=O) groups excluding carboxylic acids is 2. The van der Waals surface area contributed by atoms with Gasteiger partial charge in [-0.05, 0) is 18.1 Å². The first-order valence-corrected chi connectivity index (χ1v) is 6.75. The summed E-state index contributed by atoms with van der Waals surface area (Å²) in [4.78, 5) is 22.9. The molecule has 0 aliphatic rings. The van der Waals surface area contributed by atoms with Gasteiger partial charge in [0, 0.05) is 12.2 Å². The highest BCUT2D eigenvalue weighted by atomic mass is 35.5. The van der Waals surface area contributed by atoms with Gasteiger partial charge in [0.15, 0.2) is 0 Å². The largest absolute Gasteiger partial charge is 0.462 e. The van der Waals surface area contributed by atoms with Crippen molar-refractivity contribution >= 4 is 40.8 Å². The highest BCUT2D eigenvalue weighted by Crippen LogP contribution is 2.29. The van der Waals surface area contributed by atoms with E-state index in [0.29, 0.717) is 17.3 Å². The summed E-state index contributed by atoms with van der Waals surface area (Å²) in [5.74, 6) is -0.812. The van der Waals surface area contributed by atoms with E-state index in [9.17, 15) is 9.59 Å². The molecule has 0 heterocycles. The van der Waals surface area contributed by atoms with Gasteiger partial charge in [-0.3, -0.25) is 4.79 Å². The first-order chi connectivity index (χ1) is 9.40. The minimum atomic E-state index is -0.564. The molecule has 1 aromatic carbocycles. The molecule has 0 spiro atoms. The summed E-state index contributed by atoms with van der Waals surface area (Å²) in [6.07, 6.45) is 2.15. The number of benzene rings is 1. The van der Waals surface area contributed by atoms with E-state index < -0.39 is 11.9 Å². The summed E-state index contributed by atoms with van der Waals surface area (Å²) in [7, 11) is 0. The lowest BCUT2D eigenvalue weighted by atomic mass is 10.2. The second-order valence-electron chi connectivity index (χ2n) is 4.45. The fraction of sp³-hybridized carbons (Fsp3) is 0.286. The maximum atomic E-state index is 11.6. The van der Waals surface area contributed by atoms with Gasteiger partial charge in [-0.25, -0.2) is 4.79 Å². The maximum absolute atomic E-state index is 11.6. The summed E-state index contributed by atoms with van der Waals surface area (Å²) in [6.45, 7) is 4.15. The molecule has 6 heteroatoms. The van der Waals surface area contributed by atoms with Crippen LogP contribution in [0.25, 0.3) is 0 Å². The Morgan fingerprint density at radius 1 is 1.30 bits per heavy atom. The predicted molar refractivity (Wildman–Crippen MR) is 80.0 cm³/mol. The molecule has 1 amide bonds. The van der Waals surface area contributed by atoms with Crippen molar-refractivity contribution in [3.8, 4) is 0 Å². The molecule has 0 bridgehead atoms. The number of amides is 1. The van der Waals surface area contributed by atoms with E-state index in [1.807, 2.05) is 13.8 Å². The predicted octanol–water partition coefficient (Wildman–Crippen LogP) is 3.69. The van der Waals surface area contributed by atoms with Crippen molar-refractivity contribution < 1.29 is 14.3 Å². The third kappa shape index (κ3) is 5.63. The number of rotatable bonds is 5. The normalized spacial score (nSPS) is 10.8. The van der Waals surface area contributed by atoms with Crippen molar-refractivity contribution in [1.82, 2.24) is 0 Å². The summed E-state index contributed by atoms with van der Waals surface area (Å²) in [5, 5.41) is 3.11. The SMILES string of the molecule is CC(C)COC(=O)/C=C\C(=O)Nc1cccc(Cl)c1Cl. The first kappa shape index (κ1) is 16.5. The number of nitrogens with one attached hydrogen (secondary N) is 1. The fourth-order valence-electron chi connectivity index (χ4n) is 1.22. The quantitative estimate of drug-likeness (QED) is 0.666. The van der Waals surface area contributed by atoms with Crippen molar-refractivity contribution in [3.63, 3.8) is 0 Å². The molecule has 0 radical (unpaired) electrons. The molecular weight excluding hydrogens is 301 g/mol. The zero-order chi connectivity index (χ0) is 15.1. The van der Waals surface area contributed by atoms with E-state index in [-0.39, 0.29) is 10.9 Å². The average molecular weight is 316 g/mol. The average Bonchev–Trinajstić information content (AvgIpc) is 2.39. The number of halogens is 2. The molecule has 0 unspecified atom stereocenters. The van der Waals surface area contributed by atoms with Crippen LogP contribution in [0, 0.1) is 5.92 Å². The van der Waals surface area contributed by atoms with Gasteiger partial charge in [-0.15, -0.1) is 0 Å². The monoisotopic (exact) mass is 315 g/mol. The lowest BCUT2D eigenvalue weighted by Crippen LogP contribution is -2.11. The Bertz CT molecular complexity index is 527. The van der Waals surface area contributed by atoms with E-state index in [4.69, 9.17) is 27.9 Å². The van der Waals surface area contributed by atoms with Gasteiger partial charge in [0.05, 0.1) is 22.3 Å². The summed E-state index contributed by atoms with van der Waals surface area (Å²) in [5.41, 5.74) is 0.379. The molecule has 0 aromatic heterocycles. The van der Waals surface area contributed by atoms with Crippen LogP contribution < -0.4 is 5.32 Å². The van der Waals surface area contributed by atoms with Crippen LogP contribution in [-0.4, -0.2) is 18.5 Å². The Morgan fingerprint density at radius 3 is 2.65 bits per heavy atom. The lowest BCUT2D eigenvalue weighted by molar-refractivity contribution is -0.138. The Balaban J connectivity index is 2.55. The number of esters is 1. The Kier molecular flexibility index (Phi) is 6.55. The molecular formula is C14H15Cl2NO3. The van der Waals surface area contributed by atoms with Gasteiger partial charge in [0.25, 0.3) is 0 Å². The third-order valence-corrected chi connectivity index (χ3v) is 2.96. The van der Waals surface area contributed by atoms with Crippen LogP contribution in [0.5, 0.6) is 0 Å². The summed E-state index contributed by atoms with van der Waals surface area (Å²) < 4.78 is 4.89. The Morgan fingerprint density at radius 2 is 2.00 bits per heavy atom. The van der Waals surface area contributed by atoms with E-state index in [1.54, 1.807) is 18.2 Å². The van der Waals surface area contributed by atoms with Crippen LogP contribution in [0.2, 0.25) is 10.0 Å². The second kappa shape index (κ2) is 7.92. The number of ether oxygens (including phenoxy) is 1. The smallest absolute Gasteiger partial charge is 0.330 e. The van der Waals surface area contributed by atoms with Crippen molar-refractivity contribution in [1.29, 1.82) is 0 Å². The summed E-state index contributed by atoms with van der Waals surface area (Å²) >= 11 is 11.7. The van der Waals surface area contributed by atoms with Crippen molar-refractivity contribution in [2.45, 2.75) is 13.8 Å². The molecule has 0 aliphatic carbocycles. The van der Waals surface area contributed by atoms with Crippen LogP contribution >= 0.6 is 23.2 Å². The van der Waals surface area contributed by atoms with E-state index in [2.05, 4.69) is 5.32 Å². The molecule has 0 fully saturated rings. The zero-order valence-corrected chi connectivity index (χ0v) is 12.7. The number of anilines is 1. The van der Waals surface area contributed by atoms with Crippen molar-refractivity contribution in [2.75, 3.05) is 11.9 Å². The molecule has 0 saturated heterocycles. The molecule has 1 aromatic rings. The van der Waals surface area contributed by atoms with Crippen LogP contribution in [0.15, 0.2) is 30.4 Å². The lowest BCUT2D eigenvalue weighted by Gasteiger charge is -2.06. The van der Waals surface area contributed by atoms with Crippen LogP contribution in [0.4, 0.5) is 5.69 Å². The van der Waals surface area contributed by atoms with E-state index in [1.165, 1.54) is 0 Å². The van der Waals surface area contributed by atoms with Gasteiger partial charge in [0.2, 0.25) is 5.91 Å². The Hall–Kier alpha value is -1.52. The topological polar surface area (TPSA) is 55.4 Å². The van der Waals surface area contributed by atoms with Crippen molar-refractivity contribution in [2.24, 2.45) is 5.92 Å². The molecule has 0 aliphatic heterocycles. The molecule has 108 valence electrons. The van der Waals surface area contributed by atoms with Crippen LogP contribution in [0.3, 0.4) is 0 Å². The Labute approximate surface area is 127 Å². The molecule has 0 saturated carbocycles. The van der Waals surface area contributed by atoms with Gasteiger partial charge in [0.1, 0.15) is 0 Å². The highest BCUT2D eigenvalue weighted by molar-refractivity contribution is 6.44. The van der Waals surface area contributed by atoms with Gasteiger partial charge >= 0.3 is 5.97 Å². The number of hydrogen-bond acceptors (Lipinski definition) is 3. The van der Waals surface area contributed by atoms with Crippen molar-refractivity contribution in [3.05, 3.63) is 40.4 Å². The third-order valence-electron chi connectivity index (χ3n) is 2.14. The molecule has 0 atom stereocenters. The minimum absolute atomic E-state index is 0.242. The van der Waals surface area contributed by atoms with Gasteiger partial charge in [-0.2, -0.15) is 0 Å². The number of hydrogen-bond donors (Lipinski definition) is 1. The first-order valence-electron chi connectivity index (χ1n) is 6.00. The molecule has 4 nitrogen and oxygen atoms in total. The molecule has 1 N–H and O–H groups in total. The minimum Gasteiger partial charge on any atom is -0.462 e. The molecule has 1 rings (SSSR count). The van der Waals surface area contributed by atoms with Crippen LogP contribution in [0.1, 0.15) is 13.8 Å². The second-order valence-corrected chi connectivity index (χ2v) is 5.23. The standard InChI is InChI=1S/C14H15Cl2NO3/c1-9(2)8-20-13(19)7-6-12(18)17-11-5-3-4-10(15)14(11)16/h3-7,9H,8H2,1-2H3,(H,17,18)/b7-6-. The molecule has 20 heavy (non-hydrogen) atoms. The van der Waals surface area contributed by atoms with Crippen LogP contribution in [-0.2, 0) is 14.3 Å².